The summed E-state index contributed by atoms with van der Waals surface area (Å²) in [5, 5.41) is 3.15. The highest BCUT2D eigenvalue weighted by molar-refractivity contribution is 7.92. The third-order valence-electron chi connectivity index (χ3n) is 5.22. The van der Waals surface area contributed by atoms with Crippen molar-refractivity contribution in [3.63, 3.8) is 0 Å². The van der Waals surface area contributed by atoms with Gasteiger partial charge >= 0.3 is 0 Å². The van der Waals surface area contributed by atoms with Crippen molar-refractivity contribution in [2.75, 3.05) is 19.6 Å². The van der Waals surface area contributed by atoms with Gasteiger partial charge in [-0.2, -0.15) is 0 Å². The number of piperidine rings is 1. The number of nitrogens with one attached hydrogen (secondary N) is 1. The number of likely N-dealkylation sites (tertiary alicyclic amines) is 1. The second-order valence-electron chi connectivity index (χ2n) is 7.54. The molecule has 0 atom stereocenters. The van der Waals surface area contributed by atoms with Crippen LogP contribution in [0.25, 0.3) is 0 Å². The molecule has 0 unspecified atom stereocenters. The van der Waals surface area contributed by atoms with Gasteiger partial charge in [-0.1, -0.05) is 0 Å². The maximum atomic E-state index is 12.6. The molecule has 7 heteroatoms. The summed E-state index contributed by atoms with van der Waals surface area (Å²) in [5.74, 6) is 0.870. The van der Waals surface area contributed by atoms with E-state index in [-0.39, 0.29) is 23.2 Å². The average Bonchev–Trinajstić information content (AvgIpc) is 3.44. The molecular weight excluding hydrogens is 372 g/mol. The molecule has 1 aromatic rings. The predicted molar refractivity (Wildman–Crippen MR) is 106 cm³/mol. The Morgan fingerprint density at radius 3 is 2.19 bits per heavy atom. The highest BCUT2D eigenvalue weighted by Crippen LogP contribution is 2.28. The van der Waals surface area contributed by atoms with Crippen LogP contribution in [0.2, 0.25) is 0 Å². The van der Waals surface area contributed by atoms with Crippen molar-refractivity contribution in [3.05, 3.63) is 29.8 Å². The first-order valence-electron chi connectivity index (χ1n) is 9.24. The maximum absolute atomic E-state index is 12.6. The molecule has 1 aromatic carbocycles. The van der Waals surface area contributed by atoms with Crippen molar-refractivity contribution >= 4 is 28.2 Å². The first-order chi connectivity index (χ1) is 11.9. The monoisotopic (exact) mass is 400 g/mol. The summed E-state index contributed by atoms with van der Waals surface area (Å²) in [6.45, 7) is 5.95. The molecule has 1 aliphatic carbocycles. The van der Waals surface area contributed by atoms with E-state index in [9.17, 15) is 13.2 Å². The van der Waals surface area contributed by atoms with Gasteiger partial charge in [0, 0.05) is 24.7 Å². The zero-order valence-electron chi connectivity index (χ0n) is 15.5. The Bertz CT molecular complexity index is 707. The summed E-state index contributed by atoms with van der Waals surface area (Å²) in [4.78, 5) is 14.8. The summed E-state index contributed by atoms with van der Waals surface area (Å²) in [6.07, 6.45) is 4.68. The largest absolute Gasteiger partial charge is 0.339 e. The molecular formula is C19H29ClN2O3S. The van der Waals surface area contributed by atoms with Crippen LogP contribution in [0.3, 0.4) is 0 Å². The van der Waals surface area contributed by atoms with E-state index in [1.807, 2.05) is 4.90 Å². The van der Waals surface area contributed by atoms with Gasteiger partial charge < -0.3 is 10.2 Å². The van der Waals surface area contributed by atoms with Crippen LogP contribution in [-0.4, -0.2) is 50.2 Å². The fourth-order valence-electron chi connectivity index (χ4n) is 3.18. The first kappa shape index (κ1) is 21.2. The van der Waals surface area contributed by atoms with Gasteiger partial charge in [0.15, 0.2) is 9.84 Å². The van der Waals surface area contributed by atoms with Crippen molar-refractivity contribution in [1.29, 1.82) is 0 Å². The third kappa shape index (κ3) is 4.99. The molecule has 5 nitrogen and oxygen atoms in total. The minimum atomic E-state index is -3.29. The van der Waals surface area contributed by atoms with Crippen molar-refractivity contribution in [1.82, 2.24) is 10.2 Å². The topological polar surface area (TPSA) is 66.5 Å². The van der Waals surface area contributed by atoms with Crippen molar-refractivity contribution in [3.8, 4) is 0 Å². The predicted octanol–water partition coefficient (Wildman–Crippen LogP) is 2.89. The number of benzene rings is 1. The van der Waals surface area contributed by atoms with Crippen LogP contribution in [0.5, 0.6) is 0 Å². The van der Waals surface area contributed by atoms with Crippen molar-refractivity contribution in [2.45, 2.75) is 55.7 Å². The number of carbonyl (C=O) groups excluding carboxylic acids is 1. The third-order valence-corrected chi connectivity index (χ3v) is 7.40. The minimum absolute atomic E-state index is 0. The molecule has 1 saturated heterocycles. The second-order valence-corrected chi connectivity index (χ2v) is 10.0. The van der Waals surface area contributed by atoms with Crippen LogP contribution >= 0.6 is 12.4 Å². The average molecular weight is 401 g/mol. The summed E-state index contributed by atoms with van der Waals surface area (Å²) in [7, 11) is -3.29. The molecule has 0 bridgehead atoms. The van der Waals surface area contributed by atoms with E-state index >= 15 is 0 Å². The molecule has 1 N–H and O–H groups in total. The number of carbonyl (C=O) groups is 1. The molecule has 0 aromatic heterocycles. The van der Waals surface area contributed by atoms with Crippen LogP contribution in [0.15, 0.2) is 29.2 Å². The number of sulfone groups is 1. The Hall–Kier alpha value is -1.11. The number of hydrogen-bond acceptors (Lipinski definition) is 4. The normalized spacial score (nSPS) is 18.7. The lowest BCUT2D eigenvalue weighted by atomic mass is 10.0. The second kappa shape index (κ2) is 8.72. The van der Waals surface area contributed by atoms with Crippen LogP contribution < -0.4 is 5.32 Å². The number of rotatable bonds is 6. The van der Waals surface area contributed by atoms with Crippen LogP contribution in [-0.2, 0) is 9.84 Å². The summed E-state index contributed by atoms with van der Waals surface area (Å²) >= 11 is 0. The number of nitrogens with zero attached hydrogens (tertiary/aromatic N) is 1. The molecule has 146 valence electrons. The van der Waals surface area contributed by atoms with Crippen LogP contribution in [0.4, 0.5) is 0 Å². The summed E-state index contributed by atoms with van der Waals surface area (Å²) < 4.78 is 24.3. The molecule has 0 spiro atoms. The molecule has 3 rings (SSSR count). The Balaban J connectivity index is 0.00000243. The van der Waals surface area contributed by atoms with Gasteiger partial charge in [-0.05, 0) is 76.3 Å². The van der Waals surface area contributed by atoms with Crippen LogP contribution in [0.1, 0.15) is 49.9 Å². The number of amides is 1. The lowest BCUT2D eigenvalue weighted by molar-refractivity contribution is 0.0705. The SMILES string of the molecule is CC(C)S(=O)(=O)c1ccc(C(=O)N2CCC(NCC3CC3)CC2)cc1.Cl. The maximum Gasteiger partial charge on any atom is 0.253 e. The van der Waals surface area contributed by atoms with E-state index in [2.05, 4.69) is 5.32 Å². The minimum Gasteiger partial charge on any atom is -0.339 e. The van der Waals surface area contributed by atoms with Gasteiger partial charge in [0.1, 0.15) is 0 Å². The van der Waals surface area contributed by atoms with E-state index in [4.69, 9.17) is 0 Å². The highest BCUT2D eigenvalue weighted by Gasteiger charge is 2.26. The molecule has 2 fully saturated rings. The van der Waals surface area contributed by atoms with E-state index in [1.165, 1.54) is 12.8 Å². The van der Waals surface area contributed by atoms with Gasteiger partial charge in [-0.15, -0.1) is 12.4 Å². The highest BCUT2D eigenvalue weighted by atomic mass is 35.5. The fourth-order valence-corrected chi connectivity index (χ4v) is 4.24. The fraction of sp³-hybridized carbons (Fsp3) is 0.632. The molecule has 0 radical (unpaired) electrons. The Morgan fingerprint density at radius 1 is 1.12 bits per heavy atom. The van der Waals surface area contributed by atoms with Crippen molar-refractivity contribution < 1.29 is 13.2 Å². The Kier molecular flexibility index (Phi) is 7.11. The number of hydrogen-bond donors (Lipinski definition) is 1. The lowest BCUT2D eigenvalue weighted by Crippen LogP contribution is -2.45. The van der Waals surface area contributed by atoms with Gasteiger partial charge in [-0.3, -0.25) is 4.79 Å². The smallest absolute Gasteiger partial charge is 0.253 e. The van der Waals surface area contributed by atoms with Crippen molar-refractivity contribution in [2.24, 2.45) is 5.92 Å². The van der Waals surface area contributed by atoms with Gasteiger partial charge in [0.2, 0.25) is 0 Å². The summed E-state index contributed by atoms with van der Waals surface area (Å²) in [6, 6.07) is 6.88. The Labute approximate surface area is 162 Å². The van der Waals surface area contributed by atoms with E-state index in [0.29, 0.717) is 11.6 Å². The molecule has 1 aliphatic heterocycles. The zero-order chi connectivity index (χ0) is 18.0. The Morgan fingerprint density at radius 2 is 1.69 bits per heavy atom. The molecule has 1 amide bonds. The summed E-state index contributed by atoms with van der Waals surface area (Å²) in [5.41, 5.74) is 0.562. The molecule has 26 heavy (non-hydrogen) atoms. The molecule has 1 saturated carbocycles. The lowest BCUT2D eigenvalue weighted by Gasteiger charge is -2.32. The van der Waals surface area contributed by atoms with Gasteiger partial charge in [0.05, 0.1) is 10.1 Å². The van der Waals surface area contributed by atoms with E-state index in [0.717, 1.165) is 38.4 Å². The van der Waals surface area contributed by atoms with E-state index in [1.54, 1.807) is 38.1 Å². The number of halogens is 1. The van der Waals surface area contributed by atoms with Gasteiger partial charge in [0.25, 0.3) is 5.91 Å². The molecule has 1 heterocycles. The molecule has 2 aliphatic rings. The van der Waals surface area contributed by atoms with E-state index < -0.39 is 15.1 Å². The standard InChI is InChI=1S/C19H28N2O3S.ClH/c1-14(2)25(23,24)18-7-5-16(6-8-18)19(22)21-11-9-17(10-12-21)20-13-15-3-4-15;/h5-8,14-15,17,20H,3-4,9-13H2,1-2H3;1H. The van der Waals surface area contributed by atoms with Gasteiger partial charge in [-0.25, -0.2) is 8.42 Å². The zero-order valence-corrected chi connectivity index (χ0v) is 17.1. The van der Waals surface area contributed by atoms with Crippen LogP contribution in [0, 0.1) is 5.92 Å². The first-order valence-corrected chi connectivity index (χ1v) is 10.8. The quantitative estimate of drug-likeness (QED) is 0.797.